The molecule has 1 amide bonds. The molecule has 0 aliphatic carbocycles. The van der Waals surface area contributed by atoms with Crippen LogP contribution < -0.4 is 0 Å². The van der Waals surface area contributed by atoms with Crippen LogP contribution >= 0.6 is 15.9 Å². The molecule has 3 nitrogen and oxygen atoms in total. The topological polar surface area (TPSA) is 29.5 Å². The zero-order chi connectivity index (χ0) is 13.8. The fraction of sp³-hybridized carbons (Fsp3) is 0.400. The molecule has 0 bridgehead atoms. The molecular formula is C15H16BrNO2. The highest BCUT2D eigenvalue weighted by Crippen LogP contribution is 2.29. The van der Waals surface area contributed by atoms with Crippen molar-refractivity contribution in [1.29, 1.82) is 0 Å². The fourth-order valence-corrected chi connectivity index (χ4v) is 2.54. The lowest BCUT2D eigenvalue weighted by Crippen LogP contribution is -2.48. The quantitative estimate of drug-likeness (QED) is 0.744. The zero-order valence-electron chi connectivity index (χ0n) is 11.0. The second-order valence-electron chi connectivity index (χ2n) is 4.46. The predicted octanol–water partition coefficient (Wildman–Crippen LogP) is 2.76. The van der Waals surface area contributed by atoms with E-state index in [2.05, 4.69) is 27.8 Å². The van der Waals surface area contributed by atoms with Crippen LogP contribution in [0, 0.1) is 11.8 Å². The number of carbonyl (C=O) groups excluding carboxylic acids is 1. The Labute approximate surface area is 122 Å². The van der Waals surface area contributed by atoms with Gasteiger partial charge in [0.25, 0.3) is 5.91 Å². The highest BCUT2D eigenvalue weighted by atomic mass is 79.9. The third-order valence-corrected chi connectivity index (χ3v) is 3.78. The first-order valence-corrected chi connectivity index (χ1v) is 7.03. The highest BCUT2D eigenvalue weighted by molar-refractivity contribution is 9.10. The van der Waals surface area contributed by atoms with Gasteiger partial charge in [-0.2, -0.15) is 0 Å². The molecule has 0 unspecified atom stereocenters. The van der Waals surface area contributed by atoms with Gasteiger partial charge < -0.3 is 9.64 Å². The van der Waals surface area contributed by atoms with Crippen LogP contribution in [0.4, 0.5) is 0 Å². The van der Waals surface area contributed by atoms with E-state index >= 15 is 0 Å². The van der Waals surface area contributed by atoms with E-state index in [4.69, 9.17) is 4.74 Å². The molecule has 1 aliphatic rings. The van der Waals surface area contributed by atoms with E-state index in [1.807, 2.05) is 31.2 Å². The summed E-state index contributed by atoms with van der Waals surface area (Å²) in [7, 11) is 0. The maximum Gasteiger partial charge on any atom is 0.298 e. The average Bonchev–Trinajstić information content (AvgIpc) is 2.40. The summed E-state index contributed by atoms with van der Waals surface area (Å²) in [6.07, 6.45) is -0.0931. The average molecular weight is 322 g/mol. The molecular weight excluding hydrogens is 306 g/mol. The molecule has 19 heavy (non-hydrogen) atoms. The molecule has 1 heterocycles. The number of benzene rings is 1. The maximum absolute atomic E-state index is 11.9. The van der Waals surface area contributed by atoms with Crippen molar-refractivity contribution < 1.29 is 9.53 Å². The smallest absolute Gasteiger partial charge is 0.298 e. The van der Waals surface area contributed by atoms with Crippen molar-refractivity contribution in [3.63, 3.8) is 0 Å². The molecule has 1 fully saturated rings. The van der Waals surface area contributed by atoms with Crippen LogP contribution in [0.3, 0.4) is 0 Å². The summed E-state index contributed by atoms with van der Waals surface area (Å²) in [5, 5.41) is 0. The van der Waals surface area contributed by atoms with Gasteiger partial charge in [-0.3, -0.25) is 4.79 Å². The summed E-state index contributed by atoms with van der Waals surface area (Å²) >= 11 is 3.42. The van der Waals surface area contributed by atoms with Crippen molar-refractivity contribution in [3.05, 3.63) is 34.3 Å². The Hall–Kier alpha value is -1.31. The van der Waals surface area contributed by atoms with E-state index in [1.54, 1.807) is 11.8 Å². The molecule has 2 atom stereocenters. The first kappa shape index (κ1) is 14.1. The first-order chi connectivity index (χ1) is 9.13. The molecule has 100 valence electrons. The Morgan fingerprint density at radius 3 is 2.74 bits per heavy atom. The van der Waals surface area contributed by atoms with Gasteiger partial charge in [0.1, 0.15) is 6.10 Å². The van der Waals surface area contributed by atoms with Crippen LogP contribution in [-0.4, -0.2) is 30.0 Å². The lowest BCUT2D eigenvalue weighted by molar-refractivity contribution is -0.139. The molecule has 0 radical (unpaired) electrons. The largest absolute Gasteiger partial charge is 0.370 e. The van der Waals surface area contributed by atoms with Gasteiger partial charge in [0, 0.05) is 11.0 Å². The number of morpholine rings is 1. The minimum atomic E-state index is -0.125. The molecule has 0 saturated carbocycles. The number of rotatable bonds is 1. The highest BCUT2D eigenvalue weighted by Gasteiger charge is 2.32. The Morgan fingerprint density at radius 2 is 2.11 bits per heavy atom. The van der Waals surface area contributed by atoms with Gasteiger partial charge in [0.2, 0.25) is 0 Å². The van der Waals surface area contributed by atoms with E-state index in [0.29, 0.717) is 13.2 Å². The van der Waals surface area contributed by atoms with Crippen molar-refractivity contribution in [1.82, 2.24) is 4.90 Å². The van der Waals surface area contributed by atoms with Crippen LogP contribution in [0.25, 0.3) is 0 Å². The van der Waals surface area contributed by atoms with Crippen LogP contribution in [0.5, 0.6) is 0 Å². The van der Waals surface area contributed by atoms with Crippen molar-refractivity contribution >= 4 is 21.8 Å². The summed E-state index contributed by atoms with van der Waals surface area (Å²) in [5.74, 6) is 5.14. The van der Waals surface area contributed by atoms with Gasteiger partial charge in [0.05, 0.1) is 12.6 Å². The van der Waals surface area contributed by atoms with Crippen molar-refractivity contribution in [2.45, 2.75) is 26.0 Å². The van der Waals surface area contributed by atoms with Gasteiger partial charge in [-0.1, -0.05) is 34.0 Å². The van der Waals surface area contributed by atoms with Gasteiger partial charge in [-0.15, -0.1) is 0 Å². The lowest BCUT2D eigenvalue weighted by Gasteiger charge is -2.38. The van der Waals surface area contributed by atoms with Crippen molar-refractivity contribution in [2.24, 2.45) is 0 Å². The van der Waals surface area contributed by atoms with Gasteiger partial charge in [-0.05, 0) is 37.5 Å². The summed E-state index contributed by atoms with van der Waals surface area (Å²) in [5.41, 5.74) is 1.08. The van der Waals surface area contributed by atoms with Gasteiger partial charge >= 0.3 is 0 Å². The first-order valence-electron chi connectivity index (χ1n) is 6.24. The van der Waals surface area contributed by atoms with Crippen LogP contribution in [0.15, 0.2) is 28.7 Å². The molecule has 0 N–H and O–H groups in total. The predicted molar refractivity (Wildman–Crippen MR) is 77.5 cm³/mol. The molecule has 1 aliphatic heterocycles. The molecule has 2 rings (SSSR count). The monoisotopic (exact) mass is 321 g/mol. The number of carbonyl (C=O) groups is 1. The Bertz CT molecular complexity index is 515. The Morgan fingerprint density at radius 1 is 1.42 bits per heavy atom. The number of amides is 1. The van der Waals surface area contributed by atoms with Crippen molar-refractivity contribution in [2.75, 3.05) is 13.2 Å². The summed E-state index contributed by atoms with van der Waals surface area (Å²) < 4.78 is 6.85. The maximum atomic E-state index is 11.9. The van der Waals surface area contributed by atoms with E-state index in [-0.39, 0.29) is 18.1 Å². The van der Waals surface area contributed by atoms with Gasteiger partial charge in [-0.25, -0.2) is 0 Å². The number of hydrogen-bond acceptors (Lipinski definition) is 2. The molecule has 4 heteroatoms. The number of hydrogen-bond donors (Lipinski definition) is 0. The van der Waals surface area contributed by atoms with Gasteiger partial charge in [0.15, 0.2) is 0 Å². The summed E-state index contributed by atoms with van der Waals surface area (Å²) in [6, 6.07) is 7.99. The molecule has 1 saturated heterocycles. The molecule has 1 aromatic rings. The minimum Gasteiger partial charge on any atom is -0.370 e. The molecule has 1 aromatic carbocycles. The van der Waals surface area contributed by atoms with Crippen LogP contribution in [0.1, 0.15) is 25.5 Å². The fourth-order valence-electron chi connectivity index (χ4n) is 2.28. The number of ether oxygens (including phenoxy) is 1. The second-order valence-corrected chi connectivity index (χ2v) is 5.37. The van der Waals surface area contributed by atoms with E-state index < -0.39 is 0 Å². The third kappa shape index (κ3) is 3.17. The lowest BCUT2D eigenvalue weighted by atomic mass is 10.0. The second kappa shape index (κ2) is 6.23. The minimum absolute atomic E-state index is 0.0109. The van der Waals surface area contributed by atoms with E-state index in [9.17, 15) is 4.79 Å². The van der Waals surface area contributed by atoms with E-state index in [1.165, 1.54) is 0 Å². The van der Waals surface area contributed by atoms with Crippen LogP contribution in [-0.2, 0) is 9.53 Å². The normalized spacial score (nSPS) is 22.6. The Balaban J connectivity index is 2.19. The van der Waals surface area contributed by atoms with Crippen LogP contribution in [0.2, 0.25) is 0 Å². The molecule has 0 spiro atoms. The zero-order valence-corrected chi connectivity index (χ0v) is 12.6. The third-order valence-electron chi connectivity index (χ3n) is 3.25. The summed E-state index contributed by atoms with van der Waals surface area (Å²) in [6.45, 7) is 4.82. The SMILES string of the molecule is CC#CC(=O)N1CCO[C@@H](c2ccc(Br)cc2)[C@H]1C. The number of halogens is 1. The number of nitrogens with zero attached hydrogens (tertiary/aromatic N) is 1. The Kier molecular flexibility index (Phi) is 4.62. The molecule has 0 aromatic heterocycles. The van der Waals surface area contributed by atoms with E-state index in [0.717, 1.165) is 10.0 Å². The summed E-state index contributed by atoms with van der Waals surface area (Å²) in [4.78, 5) is 13.7. The standard InChI is InChI=1S/C15H16BrNO2/c1-3-4-14(18)17-9-10-19-15(11(17)2)12-5-7-13(16)8-6-12/h5-8,11,15H,9-10H2,1-2H3/t11-,15-/m1/s1. The van der Waals surface area contributed by atoms with Crippen molar-refractivity contribution in [3.8, 4) is 11.8 Å².